The third-order valence-electron chi connectivity index (χ3n) is 3.38. The fourth-order valence-corrected chi connectivity index (χ4v) is 2.89. The minimum Gasteiger partial charge on any atom is -0.454 e. The fourth-order valence-electron chi connectivity index (χ4n) is 2.44. The van der Waals surface area contributed by atoms with E-state index in [1.807, 2.05) is 6.07 Å². The van der Waals surface area contributed by atoms with Gasteiger partial charge in [-0.15, -0.1) is 0 Å². The lowest BCUT2D eigenvalue weighted by Gasteiger charge is -2.26. The van der Waals surface area contributed by atoms with Crippen LogP contribution in [-0.2, 0) is 6.54 Å². The molecule has 0 bridgehead atoms. The molecule has 1 aromatic carbocycles. The van der Waals surface area contributed by atoms with Gasteiger partial charge < -0.3 is 9.47 Å². The van der Waals surface area contributed by atoms with Crippen LogP contribution < -0.4 is 9.47 Å². The van der Waals surface area contributed by atoms with E-state index in [9.17, 15) is 0 Å². The summed E-state index contributed by atoms with van der Waals surface area (Å²) < 4.78 is 11.9. The van der Waals surface area contributed by atoms with Gasteiger partial charge in [0, 0.05) is 11.0 Å². The minimum absolute atomic E-state index is 0.342. The second kappa shape index (κ2) is 4.86. The molecule has 0 atom stereocenters. The molecule has 0 aliphatic carbocycles. The van der Waals surface area contributed by atoms with Crippen molar-refractivity contribution in [3.8, 4) is 11.5 Å². The number of likely N-dealkylation sites (tertiary alicyclic amines) is 1. The molecule has 1 fully saturated rings. The Morgan fingerprint density at radius 3 is 2.53 bits per heavy atom. The molecule has 0 radical (unpaired) electrons. The van der Waals surface area contributed by atoms with E-state index >= 15 is 0 Å². The minimum atomic E-state index is 0.342. The molecule has 0 unspecified atom stereocenters. The zero-order valence-electron chi connectivity index (χ0n) is 9.75. The van der Waals surface area contributed by atoms with Gasteiger partial charge >= 0.3 is 0 Å². The summed E-state index contributed by atoms with van der Waals surface area (Å²) in [5.74, 6) is 1.72. The Balaban J connectivity index is 1.78. The summed E-state index contributed by atoms with van der Waals surface area (Å²) >= 11 is 3.61. The SMILES string of the molecule is Brc1cc2c(cc1CN1CCCCC1)OCO2. The first kappa shape index (κ1) is 11.4. The Labute approximate surface area is 110 Å². The molecule has 17 heavy (non-hydrogen) atoms. The first-order chi connectivity index (χ1) is 8.33. The van der Waals surface area contributed by atoms with Gasteiger partial charge in [-0.25, -0.2) is 0 Å². The highest BCUT2D eigenvalue weighted by atomic mass is 79.9. The van der Waals surface area contributed by atoms with Crippen molar-refractivity contribution in [1.29, 1.82) is 0 Å². The average molecular weight is 298 g/mol. The number of nitrogens with zero attached hydrogens (tertiary/aromatic N) is 1. The number of benzene rings is 1. The molecule has 92 valence electrons. The summed E-state index contributed by atoms with van der Waals surface area (Å²) in [4.78, 5) is 2.51. The molecule has 3 nitrogen and oxygen atoms in total. The van der Waals surface area contributed by atoms with Crippen LogP contribution in [0.2, 0.25) is 0 Å². The molecule has 0 saturated carbocycles. The highest BCUT2D eigenvalue weighted by Crippen LogP contribution is 2.37. The van der Waals surface area contributed by atoms with Gasteiger partial charge in [-0.3, -0.25) is 4.90 Å². The van der Waals surface area contributed by atoms with Crippen molar-refractivity contribution >= 4 is 15.9 Å². The van der Waals surface area contributed by atoms with E-state index in [-0.39, 0.29) is 0 Å². The summed E-state index contributed by atoms with van der Waals surface area (Å²) in [5.41, 5.74) is 1.29. The Bertz CT molecular complexity index is 416. The molecule has 0 amide bonds. The molecule has 2 aliphatic rings. The fraction of sp³-hybridized carbons (Fsp3) is 0.538. The van der Waals surface area contributed by atoms with Crippen molar-refractivity contribution in [3.63, 3.8) is 0 Å². The quantitative estimate of drug-likeness (QED) is 0.837. The lowest BCUT2D eigenvalue weighted by molar-refractivity contribution is 0.173. The normalized spacial score (nSPS) is 19.6. The molecule has 3 rings (SSSR count). The van der Waals surface area contributed by atoms with Gasteiger partial charge in [0.25, 0.3) is 0 Å². The Hall–Kier alpha value is -0.740. The Morgan fingerprint density at radius 1 is 1.06 bits per heavy atom. The maximum atomic E-state index is 5.42. The van der Waals surface area contributed by atoms with Crippen LogP contribution in [0.4, 0.5) is 0 Å². The number of hydrogen-bond donors (Lipinski definition) is 0. The predicted molar refractivity (Wildman–Crippen MR) is 69.4 cm³/mol. The van der Waals surface area contributed by atoms with Gasteiger partial charge in [0.15, 0.2) is 11.5 Å². The van der Waals surface area contributed by atoms with Crippen molar-refractivity contribution in [2.75, 3.05) is 19.9 Å². The molecule has 0 N–H and O–H groups in total. The van der Waals surface area contributed by atoms with Crippen molar-refractivity contribution in [1.82, 2.24) is 4.90 Å². The Morgan fingerprint density at radius 2 is 1.76 bits per heavy atom. The molecular weight excluding hydrogens is 282 g/mol. The van der Waals surface area contributed by atoms with Gasteiger partial charge in [0.1, 0.15) is 0 Å². The van der Waals surface area contributed by atoms with Crippen LogP contribution in [0.1, 0.15) is 24.8 Å². The molecule has 0 spiro atoms. The second-order valence-electron chi connectivity index (χ2n) is 4.63. The van der Waals surface area contributed by atoms with Gasteiger partial charge in [-0.05, 0) is 43.6 Å². The van der Waals surface area contributed by atoms with Crippen molar-refractivity contribution < 1.29 is 9.47 Å². The largest absolute Gasteiger partial charge is 0.454 e. The van der Waals surface area contributed by atoms with Crippen molar-refractivity contribution in [2.45, 2.75) is 25.8 Å². The topological polar surface area (TPSA) is 21.7 Å². The Kier molecular flexibility index (Phi) is 3.25. The monoisotopic (exact) mass is 297 g/mol. The number of rotatable bonds is 2. The van der Waals surface area contributed by atoms with Crippen LogP contribution in [0.15, 0.2) is 16.6 Å². The highest BCUT2D eigenvalue weighted by Gasteiger charge is 2.18. The van der Waals surface area contributed by atoms with E-state index in [1.165, 1.54) is 37.9 Å². The number of hydrogen-bond acceptors (Lipinski definition) is 3. The molecule has 2 heterocycles. The molecule has 2 aliphatic heterocycles. The zero-order valence-corrected chi connectivity index (χ0v) is 11.3. The number of ether oxygens (including phenoxy) is 2. The van der Waals surface area contributed by atoms with Crippen LogP contribution in [-0.4, -0.2) is 24.8 Å². The van der Waals surface area contributed by atoms with Crippen molar-refractivity contribution in [2.24, 2.45) is 0 Å². The lowest BCUT2D eigenvalue weighted by atomic mass is 10.1. The van der Waals surface area contributed by atoms with Gasteiger partial charge in [0.05, 0.1) is 0 Å². The van der Waals surface area contributed by atoms with E-state index < -0.39 is 0 Å². The third kappa shape index (κ3) is 2.43. The second-order valence-corrected chi connectivity index (χ2v) is 5.49. The third-order valence-corrected chi connectivity index (χ3v) is 4.12. The van der Waals surface area contributed by atoms with E-state index in [0.29, 0.717) is 6.79 Å². The average Bonchev–Trinajstić information content (AvgIpc) is 2.78. The van der Waals surface area contributed by atoms with Crippen LogP contribution in [0.3, 0.4) is 0 Å². The van der Waals surface area contributed by atoms with E-state index in [1.54, 1.807) is 0 Å². The van der Waals surface area contributed by atoms with E-state index in [0.717, 1.165) is 22.5 Å². The van der Waals surface area contributed by atoms with Crippen LogP contribution in [0.5, 0.6) is 11.5 Å². The summed E-state index contributed by atoms with van der Waals surface area (Å²) in [6.45, 7) is 3.76. The van der Waals surface area contributed by atoms with Gasteiger partial charge in [0.2, 0.25) is 6.79 Å². The lowest BCUT2D eigenvalue weighted by Crippen LogP contribution is -2.29. The van der Waals surface area contributed by atoms with Crippen molar-refractivity contribution in [3.05, 3.63) is 22.2 Å². The van der Waals surface area contributed by atoms with Crippen LogP contribution >= 0.6 is 15.9 Å². The number of fused-ring (bicyclic) bond motifs is 1. The zero-order chi connectivity index (χ0) is 11.7. The first-order valence-electron chi connectivity index (χ1n) is 6.13. The van der Waals surface area contributed by atoms with E-state index in [4.69, 9.17) is 9.47 Å². The molecular formula is C13H16BrNO2. The maximum absolute atomic E-state index is 5.42. The molecule has 0 aromatic heterocycles. The number of halogens is 1. The van der Waals surface area contributed by atoms with Crippen LogP contribution in [0.25, 0.3) is 0 Å². The standard InChI is InChI=1S/C13H16BrNO2/c14-11-7-13-12(16-9-17-13)6-10(11)8-15-4-2-1-3-5-15/h6-7H,1-5,8-9H2. The summed E-state index contributed by atoms with van der Waals surface area (Å²) in [6.07, 6.45) is 4.02. The summed E-state index contributed by atoms with van der Waals surface area (Å²) in [6, 6.07) is 4.11. The van der Waals surface area contributed by atoms with Gasteiger partial charge in [-0.1, -0.05) is 22.4 Å². The highest BCUT2D eigenvalue weighted by molar-refractivity contribution is 9.10. The first-order valence-corrected chi connectivity index (χ1v) is 6.92. The predicted octanol–water partition coefficient (Wildman–Crippen LogP) is 3.16. The summed E-state index contributed by atoms with van der Waals surface area (Å²) in [5, 5.41) is 0. The summed E-state index contributed by atoms with van der Waals surface area (Å²) in [7, 11) is 0. The maximum Gasteiger partial charge on any atom is 0.231 e. The number of piperidine rings is 1. The van der Waals surface area contributed by atoms with Crippen LogP contribution in [0, 0.1) is 0 Å². The molecule has 1 aromatic rings. The smallest absolute Gasteiger partial charge is 0.231 e. The molecule has 1 saturated heterocycles. The molecule has 4 heteroatoms. The van der Waals surface area contributed by atoms with E-state index in [2.05, 4.69) is 26.9 Å². The van der Waals surface area contributed by atoms with Gasteiger partial charge in [-0.2, -0.15) is 0 Å².